The molecule has 0 radical (unpaired) electrons. The zero-order valence-electron chi connectivity index (χ0n) is 9.34. The monoisotopic (exact) mass is 191 g/mol. The van der Waals surface area contributed by atoms with E-state index in [1.807, 2.05) is 6.07 Å². The van der Waals surface area contributed by atoms with Crippen LogP contribution < -0.4 is 5.73 Å². The van der Waals surface area contributed by atoms with Gasteiger partial charge >= 0.3 is 0 Å². The van der Waals surface area contributed by atoms with Crippen molar-refractivity contribution in [2.24, 2.45) is 0 Å². The van der Waals surface area contributed by atoms with E-state index in [9.17, 15) is 0 Å². The number of nitrogens with two attached hydrogens (primary N) is 1. The highest BCUT2D eigenvalue weighted by atomic mass is 14.6. The van der Waals surface area contributed by atoms with E-state index in [0.717, 1.165) is 5.69 Å². The molecular formula is C13H21N. The van der Waals surface area contributed by atoms with Crippen molar-refractivity contribution in [1.82, 2.24) is 0 Å². The summed E-state index contributed by atoms with van der Waals surface area (Å²) < 4.78 is 0. The Morgan fingerprint density at radius 2 is 1.93 bits per heavy atom. The smallest absolute Gasteiger partial charge is 0.0346 e. The molecular weight excluding hydrogens is 170 g/mol. The summed E-state index contributed by atoms with van der Waals surface area (Å²) in [6, 6.07) is 6.22. The molecule has 0 bridgehead atoms. The largest absolute Gasteiger partial charge is 0.399 e. The molecule has 1 heteroatoms. The van der Waals surface area contributed by atoms with Crippen molar-refractivity contribution >= 4 is 5.69 Å². The van der Waals surface area contributed by atoms with E-state index in [4.69, 9.17) is 5.73 Å². The van der Waals surface area contributed by atoms with Crippen LogP contribution in [0, 0.1) is 6.92 Å². The molecule has 1 rings (SSSR count). The molecule has 1 aromatic carbocycles. The SMILES string of the molecule is CCCCCCc1cccc(N)c1C. The molecule has 0 saturated heterocycles. The lowest BCUT2D eigenvalue weighted by Gasteiger charge is -2.07. The molecule has 0 fully saturated rings. The summed E-state index contributed by atoms with van der Waals surface area (Å²) in [5.41, 5.74) is 9.47. The van der Waals surface area contributed by atoms with Crippen LogP contribution in [0.1, 0.15) is 43.7 Å². The Kier molecular flexibility index (Phi) is 4.51. The Bertz CT molecular complexity index is 279. The minimum Gasteiger partial charge on any atom is -0.399 e. The average Bonchev–Trinajstić information content (AvgIpc) is 2.19. The molecule has 1 nitrogen and oxygen atoms in total. The lowest BCUT2D eigenvalue weighted by Crippen LogP contribution is -1.95. The van der Waals surface area contributed by atoms with Crippen LogP contribution in [-0.2, 0) is 6.42 Å². The van der Waals surface area contributed by atoms with Crippen LogP contribution in [0.2, 0.25) is 0 Å². The third kappa shape index (κ3) is 3.06. The third-order valence-electron chi connectivity index (χ3n) is 2.79. The quantitative estimate of drug-likeness (QED) is 0.557. The second kappa shape index (κ2) is 5.69. The molecule has 0 amide bonds. The minimum atomic E-state index is 0.929. The number of nitrogen functional groups attached to an aromatic ring is 1. The highest BCUT2D eigenvalue weighted by Gasteiger charge is 2.00. The van der Waals surface area contributed by atoms with Crippen LogP contribution in [0.25, 0.3) is 0 Å². The van der Waals surface area contributed by atoms with Gasteiger partial charge in [-0.2, -0.15) is 0 Å². The van der Waals surface area contributed by atoms with E-state index in [1.165, 1.54) is 43.2 Å². The number of aryl methyl sites for hydroxylation is 1. The summed E-state index contributed by atoms with van der Waals surface area (Å²) in [5.74, 6) is 0. The molecule has 0 aromatic heterocycles. The average molecular weight is 191 g/mol. The first kappa shape index (κ1) is 11.1. The predicted octanol–water partition coefficient (Wildman–Crippen LogP) is 3.70. The van der Waals surface area contributed by atoms with Gasteiger partial charge in [-0.3, -0.25) is 0 Å². The second-order valence-corrected chi connectivity index (χ2v) is 3.94. The van der Waals surface area contributed by atoms with Crippen LogP contribution in [0.15, 0.2) is 18.2 Å². The van der Waals surface area contributed by atoms with Gasteiger partial charge in [-0.25, -0.2) is 0 Å². The summed E-state index contributed by atoms with van der Waals surface area (Å²) >= 11 is 0. The van der Waals surface area contributed by atoms with Crippen LogP contribution in [0.5, 0.6) is 0 Å². The molecule has 0 atom stereocenters. The maximum absolute atomic E-state index is 5.85. The molecule has 14 heavy (non-hydrogen) atoms. The molecule has 0 aliphatic rings. The molecule has 0 spiro atoms. The van der Waals surface area contributed by atoms with Gasteiger partial charge in [0.1, 0.15) is 0 Å². The number of unbranched alkanes of at least 4 members (excludes halogenated alkanes) is 3. The number of rotatable bonds is 5. The zero-order chi connectivity index (χ0) is 10.4. The van der Waals surface area contributed by atoms with Gasteiger partial charge in [0.15, 0.2) is 0 Å². The first-order valence-corrected chi connectivity index (χ1v) is 5.59. The van der Waals surface area contributed by atoms with Crippen molar-refractivity contribution in [1.29, 1.82) is 0 Å². The standard InChI is InChI=1S/C13H21N/c1-3-4-5-6-8-12-9-7-10-13(14)11(12)2/h7,9-10H,3-6,8,14H2,1-2H3. The fourth-order valence-corrected chi connectivity index (χ4v) is 1.72. The van der Waals surface area contributed by atoms with Gasteiger partial charge in [0.25, 0.3) is 0 Å². The van der Waals surface area contributed by atoms with Gasteiger partial charge in [-0.15, -0.1) is 0 Å². The van der Waals surface area contributed by atoms with Gasteiger partial charge in [0.05, 0.1) is 0 Å². The van der Waals surface area contributed by atoms with Crippen molar-refractivity contribution in [3.05, 3.63) is 29.3 Å². The summed E-state index contributed by atoms with van der Waals surface area (Å²) in [7, 11) is 0. The molecule has 0 heterocycles. The Balaban J connectivity index is 2.46. The summed E-state index contributed by atoms with van der Waals surface area (Å²) in [6.45, 7) is 4.36. The number of hydrogen-bond acceptors (Lipinski definition) is 1. The van der Waals surface area contributed by atoms with Crippen molar-refractivity contribution < 1.29 is 0 Å². The fourth-order valence-electron chi connectivity index (χ4n) is 1.72. The summed E-state index contributed by atoms with van der Waals surface area (Å²) in [4.78, 5) is 0. The van der Waals surface area contributed by atoms with Gasteiger partial charge in [-0.05, 0) is 37.0 Å². The number of benzene rings is 1. The van der Waals surface area contributed by atoms with Crippen LogP contribution in [-0.4, -0.2) is 0 Å². The fraction of sp³-hybridized carbons (Fsp3) is 0.538. The highest BCUT2D eigenvalue weighted by Crippen LogP contribution is 2.17. The van der Waals surface area contributed by atoms with E-state index in [1.54, 1.807) is 0 Å². The van der Waals surface area contributed by atoms with Crippen LogP contribution in [0.4, 0.5) is 5.69 Å². The Hall–Kier alpha value is -0.980. The Morgan fingerprint density at radius 1 is 1.14 bits per heavy atom. The molecule has 0 aliphatic heterocycles. The van der Waals surface area contributed by atoms with Gasteiger partial charge in [0, 0.05) is 5.69 Å². The first-order chi connectivity index (χ1) is 6.75. The molecule has 78 valence electrons. The third-order valence-corrected chi connectivity index (χ3v) is 2.79. The maximum Gasteiger partial charge on any atom is 0.0346 e. The lowest BCUT2D eigenvalue weighted by molar-refractivity contribution is 0.666. The van der Waals surface area contributed by atoms with E-state index >= 15 is 0 Å². The highest BCUT2D eigenvalue weighted by molar-refractivity contribution is 5.49. The van der Waals surface area contributed by atoms with E-state index < -0.39 is 0 Å². The first-order valence-electron chi connectivity index (χ1n) is 5.59. The molecule has 1 aromatic rings. The topological polar surface area (TPSA) is 26.0 Å². The lowest BCUT2D eigenvalue weighted by atomic mass is 10.0. The Labute approximate surface area is 87.3 Å². The number of anilines is 1. The number of hydrogen-bond donors (Lipinski definition) is 1. The second-order valence-electron chi connectivity index (χ2n) is 3.94. The molecule has 0 aliphatic carbocycles. The van der Waals surface area contributed by atoms with E-state index in [-0.39, 0.29) is 0 Å². The van der Waals surface area contributed by atoms with Crippen molar-refractivity contribution in [3.63, 3.8) is 0 Å². The Morgan fingerprint density at radius 3 is 2.64 bits per heavy atom. The van der Waals surface area contributed by atoms with Crippen molar-refractivity contribution in [2.45, 2.75) is 46.0 Å². The minimum absolute atomic E-state index is 0.929. The predicted molar refractivity (Wildman–Crippen MR) is 63.4 cm³/mol. The molecule has 0 saturated carbocycles. The summed E-state index contributed by atoms with van der Waals surface area (Å²) in [5, 5.41) is 0. The van der Waals surface area contributed by atoms with Gasteiger partial charge in [0.2, 0.25) is 0 Å². The van der Waals surface area contributed by atoms with Crippen LogP contribution in [0.3, 0.4) is 0 Å². The van der Waals surface area contributed by atoms with Crippen molar-refractivity contribution in [3.8, 4) is 0 Å². The zero-order valence-corrected chi connectivity index (χ0v) is 9.34. The van der Waals surface area contributed by atoms with Crippen molar-refractivity contribution in [2.75, 3.05) is 5.73 Å². The van der Waals surface area contributed by atoms with Gasteiger partial charge in [-0.1, -0.05) is 38.3 Å². The van der Waals surface area contributed by atoms with Crippen LogP contribution >= 0.6 is 0 Å². The normalized spacial score (nSPS) is 10.4. The van der Waals surface area contributed by atoms with Gasteiger partial charge < -0.3 is 5.73 Å². The van der Waals surface area contributed by atoms with E-state index in [0.29, 0.717) is 0 Å². The maximum atomic E-state index is 5.85. The summed E-state index contributed by atoms with van der Waals surface area (Å²) in [6.07, 6.45) is 6.46. The van der Waals surface area contributed by atoms with E-state index in [2.05, 4.69) is 26.0 Å². The molecule has 2 N–H and O–H groups in total. The molecule has 0 unspecified atom stereocenters.